The molecule has 0 aromatic carbocycles. The summed E-state index contributed by atoms with van der Waals surface area (Å²) >= 11 is 2.00. The summed E-state index contributed by atoms with van der Waals surface area (Å²) in [6, 6.07) is 0. The Balaban J connectivity index is 1.95. The minimum atomic E-state index is -0.547. The minimum Gasteiger partial charge on any atom is -0.443 e. The summed E-state index contributed by atoms with van der Waals surface area (Å²) in [5, 5.41) is 9.26. The molecule has 0 radical (unpaired) electrons. The molecule has 1 saturated heterocycles. The zero-order valence-corrected chi connectivity index (χ0v) is 9.09. The number of nitrogens with zero attached hydrogens (tertiary/aromatic N) is 1. The van der Waals surface area contributed by atoms with Crippen LogP contribution in [0.15, 0.2) is 10.6 Å². The average Bonchev–Trinajstić information content (AvgIpc) is 2.75. The highest BCUT2D eigenvalue weighted by Gasteiger charge is 2.18. The van der Waals surface area contributed by atoms with Gasteiger partial charge in [0.2, 0.25) is 0 Å². The van der Waals surface area contributed by atoms with E-state index in [1.807, 2.05) is 11.8 Å². The van der Waals surface area contributed by atoms with Crippen LogP contribution in [0.1, 0.15) is 31.1 Å². The summed E-state index contributed by atoms with van der Waals surface area (Å²) in [6.07, 6.45) is 3.26. The lowest BCUT2D eigenvalue weighted by Crippen LogP contribution is -2.02. The zero-order chi connectivity index (χ0) is 9.97. The maximum atomic E-state index is 9.26. The highest BCUT2D eigenvalue weighted by atomic mass is 32.2. The summed E-state index contributed by atoms with van der Waals surface area (Å²) in [6.45, 7) is 1.69. The second kappa shape index (κ2) is 4.36. The molecule has 3 nitrogen and oxygen atoms in total. The van der Waals surface area contributed by atoms with Gasteiger partial charge in [0.1, 0.15) is 6.10 Å². The van der Waals surface area contributed by atoms with Crippen LogP contribution in [-0.2, 0) is 6.42 Å². The van der Waals surface area contributed by atoms with E-state index >= 15 is 0 Å². The smallest absolute Gasteiger partial charge is 0.194 e. The number of rotatable bonds is 3. The molecule has 0 bridgehead atoms. The minimum absolute atomic E-state index is 0.547. The van der Waals surface area contributed by atoms with E-state index in [1.54, 1.807) is 13.1 Å². The second-order valence-corrected chi connectivity index (χ2v) is 4.92. The van der Waals surface area contributed by atoms with Crippen LogP contribution in [0.3, 0.4) is 0 Å². The molecule has 0 aliphatic carbocycles. The van der Waals surface area contributed by atoms with Gasteiger partial charge in [-0.15, -0.1) is 0 Å². The van der Waals surface area contributed by atoms with Crippen LogP contribution in [0.5, 0.6) is 0 Å². The summed E-state index contributed by atoms with van der Waals surface area (Å²) in [5.74, 6) is 4.53. The third kappa shape index (κ3) is 2.30. The molecule has 0 spiro atoms. The Morgan fingerprint density at radius 1 is 1.79 bits per heavy atom. The van der Waals surface area contributed by atoms with Crippen LogP contribution >= 0.6 is 11.8 Å². The van der Waals surface area contributed by atoms with E-state index < -0.39 is 6.10 Å². The van der Waals surface area contributed by atoms with Gasteiger partial charge in [-0.25, -0.2) is 4.98 Å². The fourth-order valence-corrected chi connectivity index (χ4v) is 2.89. The van der Waals surface area contributed by atoms with Crippen molar-refractivity contribution in [1.29, 1.82) is 0 Å². The molecular weight excluding hydrogens is 198 g/mol. The maximum Gasteiger partial charge on any atom is 0.194 e. The Labute approximate surface area is 87.9 Å². The SMILES string of the molecule is CC(O)c1cnc(CC2CCSC2)o1. The van der Waals surface area contributed by atoms with Gasteiger partial charge in [0.05, 0.1) is 6.20 Å². The molecule has 0 saturated carbocycles. The molecule has 4 heteroatoms. The van der Waals surface area contributed by atoms with Crippen molar-refractivity contribution in [3.8, 4) is 0 Å². The molecule has 1 fully saturated rings. The van der Waals surface area contributed by atoms with Gasteiger partial charge in [0, 0.05) is 6.42 Å². The third-order valence-corrected chi connectivity index (χ3v) is 3.70. The summed E-state index contributed by atoms with van der Waals surface area (Å²) in [4.78, 5) is 4.16. The molecule has 1 aliphatic rings. The molecule has 2 rings (SSSR count). The van der Waals surface area contributed by atoms with E-state index in [0.29, 0.717) is 11.7 Å². The van der Waals surface area contributed by atoms with E-state index in [-0.39, 0.29) is 0 Å². The van der Waals surface area contributed by atoms with E-state index in [9.17, 15) is 5.11 Å². The van der Waals surface area contributed by atoms with Gasteiger partial charge >= 0.3 is 0 Å². The fourth-order valence-electron chi connectivity index (χ4n) is 1.60. The number of hydrogen-bond acceptors (Lipinski definition) is 4. The van der Waals surface area contributed by atoms with Crippen LogP contribution in [0.25, 0.3) is 0 Å². The molecule has 2 atom stereocenters. The van der Waals surface area contributed by atoms with E-state index in [0.717, 1.165) is 12.3 Å². The van der Waals surface area contributed by atoms with Crippen molar-refractivity contribution < 1.29 is 9.52 Å². The predicted molar refractivity (Wildman–Crippen MR) is 56.3 cm³/mol. The average molecular weight is 213 g/mol. The Hall–Kier alpha value is -0.480. The van der Waals surface area contributed by atoms with Crippen LogP contribution in [0.2, 0.25) is 0 Å². The number of aliphatic hydroxyl groups excluding tert-OH is 1. The molecule has 1 N–H and O–H groups in total. The Morgan fingerprint density at radius 2 is 2.64 bits per heavy atom. The highest BCUT2D eigenvalue weighted by Crippen LogP contribution is 2.26. The predicted octanol–water partition coefficient (Wildman–Crippen LogP) is 2.02. The second-order valence-electron chi connectivity index (χ2n) is 3.77. The standard InChI is InChI=1S/C10H15NO2S/c1-7(12)9-5-11-10(13-9)4-8-2-3-14-6-8/h5,7-8,12H,2-4,6H2,1H3. The number of oxazole rings is 1. The van der Waals surface area contributed by atoms with Crippen molar-refractivity contribution in [2.75, 3.05) is 11.5 Å². The van der Waals surface area contributed by atoms with Gasteiger partial charge in [-0.3, -0.25) is 0 Å². The van der Waals surface area contributed by atoms with Gasteiger partial charge in [-0.2, -0.15) is 11.8 Å². The van der Waals surface area contributed by atoms with Gasteiger partial charge in [0.25, 0.3) is 0 Å². The molecule has 1 aliphatic heterocycles. The maximum absolute atomic E-state index is 9.26. The molecule has 1 aromatic rings. The first-order valence-corrected chi connectivity index (χ1v) is 6.11. The molecular formula is C10H15NO2S. The summed E-state index contributed by atoms with van der Waals surface area (Å²) in [7, 11) is 0. The van der Waals surface area contributed by atoms with E-state index in [2.05, 4.69) is 4.98 Å². The van der Waals surface area contributed by atoms with Crippen molar-refractivity contribution >= 4 is 11.8 Å². The van der Waals surface area contributed by atoms with Crippen molar-refractivity contribution in [1.82, 2.24) is 4.98 Å². The highest BCUT2D eigenvalue weighted by molar-refractivity contribution is 7.99. The zero-order valence-electron chi connectivity index (χ0n) is 8.27. The molecule has 14 heavy (non-hydrogen) atoms. The number of aromatic nitrogens is 1. The summed E-state index contributed by atoms with van der Waals surface area (Å²) < 4.78 is 5.44. The van der Waals surface area contributed by atoms with Crippen LogP contribution < -0.4 is 0 Å². The van der Waals surface area contributed by atoms with Gasteiger partial charge in [-0.1, -0.05) is 0 Å². The Bertz CT molecular complexity index is 292. The molecule has 2 heterocycles. The van der Waals surface area contributed by atoms with Gasteiger partial charge in [0.15, 0.2) is 11.7 Å². The lowest BCUT2D eigenvalue weighted by Gasteiger charge is -2.03. The van der Waals surface area contributed by atoms with Gasteiger partial charge < -0.3 is 9.52 Å². The number of hydrogen-bond donors (Lipinski definition) is 1. The topological polar surface area (TPSA) is 46.3 Å². The molecule has 1 aromatic heterocycles. The first-order chi connectivity index (χ1) is 6.75. The lowest BCUT2D eigenvalue weighted by molar-refractivity contribution is 0.166. The van der Waals surface area contributed by atoms with Crippen LogP contribution in [0, 0.1) is 5.92 Å². The molecule has 0 amide bonds. The largest absolute Gasteiger partial charge is 0.443 e. The lowest BCUT2D eigenvalue weighted by atomic mass is 10.1. The quantitative estimate of drug-likeness (QED) is 0.834. The van der Waals surface area contributed by atoms with Crippen molar-refractivity contribution in [2.45, 2.75) is 25.9 Å². The number of aliphatic hydroxyl groups is 1. The Kier molecular flexibility index (Phi) is 3.13. The van der Waals surface area contributed by atoms with Crippen molar-refractivity contribution in [3.63, 3.8) is 0 Å². The van der Waals surface area contributed by atoms with Crippen molar-refractivity contribution in [2.24, 2.45) is 5.92 Å². The first kappa shape index (κ1) is 10.1. The summed E-state index contributed by atoms with van der Waals surface area (Å²) in [5.41, 5.74) is 0. The Morgan fingerprint density at radius 3 is 3.21 bits per heavy atom. The normalized spacial score (nSPS) is 24.0. The van der Waals surface area contributed by atoms with Crippen LogP contribution in [0.4, 0.5) is 0 Å². The third-order valence-electron chi connectivity index (χ3n) is 2.47. The molecule has 78 valence electrons. The van der Waals surface area contributed by atoms with Gasteiger partial charge in [-0.05, 0) is 30.8 Å². The monoisotopic (exact) mass is 213 g/mol. The first-order valence-electron chi connectivity index (χ1n) is 4.96. The van der Waals surface area contributed by atoms with Crippen LogP contribution in [-0.4, -0.2) is 21.6 Å². The fraction of sp³-hybridized carbons (Fsp3) is 0.700. The molecule has 2 unspecified atom stereocenters. The van der Waals surface area contributed by atoms with E-state index in [1.165, 1.54) is 17.9 Å². The van der Waals surface area contributed by atoms with Crippen molar-refractivity contribution in [3.05, 3.63) is 17.8 Å². The van der Waals surface area contributed by atoms with E-state index in [4.69, 9.17) is 4.42 Å². The number of thioether (sulfide) groups is 1.